The topological polar surface area (TPSA) is 0 Å². The van der Waals surface area contributed by atoms with Gasteiger partial charge in [0.05, 0.1) is 0 Å². The first kappa shape index (κ1) is 8.95. The minimum atomic E-state index is -2.36. The van der Waals surface area contributed by atoms with Crippen LogP contribution in [0.15, 0.2) is 0 Å². The summed E-state index contributed by atoms with van der Waals surface area (Å²) in [6.45, 7) is 6.13. The molecule has 1 saturated carbocycles. The average molecular weight is 162 g/mol. The summed E-state index contributed by atoms with van der Waals surface area (Å²) in [5.74, 6) is -1.82. The van der Waals surface area contributed by atoms with E-state index in [1.54, 1.807) is 0 Å². The van der Waals surface area contributed by atoms with Crippen LogP contribution in [-0.4, -0.2) is 5.92 Å². The van der Waals surface area contributed by atoms with Gasteiger partial charge < -0.3 is 0 Å². The predicted octanol–water partition coefficient (Wildman–Crippen LogP) is 3.47. The van der Waals surface area contributed by atoms with Crippen molar-refractivity contribution < 1.29 is 8.78 Å². The molecule has 1 aliphatic carbocycles. The van der Waals surface area contributed by atoms with Crippen LogP contribution < -0.4 is 0 Å². The van der Waals surface area contributed by atoms with Crippen LogP contribution in [0.1, 0.15) is 40.0 Å². The van der Waals surface area contributed by atoms with Crippen molar-refractivity contribution in [2.24, 2.45) is 11.3 Å². The Morgan fingerprint density at radius 3 is 2.00 bits per heavy atom. The minimum Gasteiger partial charge on any atom is -0.207 e. The highest BCUT2D eigenvalue weighted by Crippen LogP contribution is 2.54. The van der Waals surface area contributed by atoms with Crippen molar-refractivity contribution in [2.45, 2.75) is 46.0 Å². The van der Waals surface area contributed by atoms with Gasteiger partial charge in [0.25, 0.3) is 0 Å². The fourth-order valence-electron chi connectivity index (χ4n) is 2.33. The minimum absolute atomic E-state index is 0.0718. The molecular formula is C9H16F2. The Kier molecular flexibility index (Phi) is 1.97. The molecule has 0 heterocycles. The molecule has 66 valence electrons. The van der Waals surface area contributed by atoms with Crippen LogP contribution in [0.3, 0.4) is 0 Å². The lowest BCUT2D eigenvalue weighted by atomic mass is 9.64. The molecule has 1 aliphatic rings. The summed E-state index contributed by atoms with van der Waals surface area (Å²) in [7, 11) is 0. The van der Waals surface area contributed by atoms with Crippen molar-refractivity contribution in [3.63, 3.8) is 0 Å². The normalized spacial score (nSPS) is 26.7. The Labute approximate surface area is 67.0 Å². The van der Waals surface area contributed by atoms with E-state index in [2.05, 4.69) is 13.8 Å². The molecule has 0 N–H and O–H groups in total. The summed E-state index contributed by atoms with van der Waals surface area (Å²) in [5, 5.41) is 0. The predicted molar refractivity (Wildman–Crippen MR) is 41.7 cm³/mol. The van der Waals surface area contributed by atoms with Crippen LogP contribution in [0.25, 0.3) is 0 Å². The fourth-order valence-corrected chi connectivity index (χ4v) is 2.33. The van der Waals surface area contributed by atoms with Crippen molar-refractivity contribution in [3.05, 3.63) is 0 Å². The van der Waals surface area contributed by atoms with Gasteiger partial charge in [-0.05, 0) is 17.8 Å². The van der Waals surface area contributed by atoms with Gasteiger partial charge in [0, 0.05) is 12.8 Å². The lowest BCUT2D eigenvalue weighted by Crippen LogP contribution is -2.44. The largest absolute Gasteiger partial charge is 0.249 e. The van der Waals surface area contributed by atoms with Crippen molar-refractivity contribution >= 4 is 0 Å². The molecule has 0 aromatic heterocycles. The van der Waals surface area contributed by atoms with E-state index >= 15 is 0 Å². The molecule has 0 radical (unpaired) electrons. The Balaban J connectivity index is 2.37. The smallest absolute Gasteiger partial charge is 0.207 e. The third kappa shape index (κ3) is 2.14. The molecule has 0 aromatic rings. The van der Waals surface area contributed by atoms with E-state index in [9.17, 15) is 8.78 Å². The zero-order valence-electron chi connectivity index (χ0n) is 7.45. The highest BCUT2D eigenvalue weighted by molar-refractivity contribution is 4.96. The van der Waals surface area contributed by atoms with Gasteiger partial charge >= 0.3 is 0 Å². The summed E-state index contributed by atoms with van der Waals surface area (Å²) in [4.78, 5) is 0. The summed E-state index contributed by atoms with van der Waals surface area (Å²) in [6.07, 6.45) is 1.12. The van der Waals surface area contributed by atoms with Gasteiger partial charge in [-0.25, -0.2) is 8.78 Å². The lowest BCUT2D eigenvalue weighted by Gasteiger charge is -2.46. The fraction of sp³-hybridized carbons (Fsp3) is 1.00. The van der Waals surface area contributed by atoms with Crippen molar-refractivity contribution in [2.75, 3.05) is 0 Å². The third-order valence-corrected chi connectivity index (χ3v) is 2.27. The second-order valence-corrected chi connectivity index (χ2v) is 4.62. The number of hydrogen-bond acceptors (Lipinski definition) is 0. The molecule has 1 fully saturated rings. The molecule has 2 heteroatoms. The molecule has 0 aliphatic heterocycles. The van der Waals surface area contributed by atoms with Crippen LogP contribution in [0.5, 0.6) is 0 Å². The lowest BCUT2D eigenvalue weighted by molar-refractivity contribution is -0.159. The van der Waals surface area contributed by atoms with Gasteiger partial charge in [-0.3, -0.25) is 0 Å². The van der Waals surface area contributed by atoms with E-state index in [4.69, 9.17) is 0 Å². The molecule has 0 nitrogen and oxygen atoms in total. The van der Waals surface area contributed by atoms with Gasteiger partial charge in [-0.15, -0.1) is 0 Å². The first-order valence-corrected chi connectivity index (χ1v) is 4.21. The monoisotopic (exact) mass is 162 g/mol. The van der Waals surface area contributed by atoms with Crippen molar-refractivity contribution in [1.82, 2.24) is 0 Å². The van der Waals surface area contributed by atoms with Crippen LogP contribution in [0.2, 0.25) is 0 Å². The highest BCUT2D eigenvalue weighted by Gasteiger charge is 2.53. The Morgan fingerprint density at radius 2 is 1.73 bits per heavy atom. The first-order chi connectivity index (χ1) is 4.83. The van der Waals surface area contributed by atoms with E-state index in [-0.39, 0.29) is 18.3 Å². The number of halogens is 2. The Morgan fingerprint density at radius 1 is 1.27 bits per heavy atom. The SMILES string of the molecule is CC(C)CC1(C)CC(F)(F)C1. The highest BCUT2D eigenvalue weighted by atomic mass is 19.3. The van der Waals surface area contributed by atoms with E-state index in [0.29, 0.717) is 5.92 Å². The molecule has 11 heavy (non-hydrogen) atoms. The summed E-state index contributed by atoms with van der Waals surface area (Å²) < 4.78 is 25.0. The maximum Gasteiger partial charge on any atom is 0.249 e. The molecule has 0 atom stereocenters. The average Bonchev–Trinajstić information content (AvgIpc) is 1.52. The van der Waals surface area contributed by atoms with Crippen LogP contribution >= 0.6 is 0 Å². The zero-order valence-corrected chi connectivity index (χ0v) is 7.45. The second-order valence-electron chi connectivity index (χ2n) is 4.62. The van der Waals surface area contributed by atoms with Gasteiger partial charge in [0.2, 0.25) is 5.92 Å². The quantitative estimate of drug-likeness (QED) is 0.583. The van der Waals surface area contributed by atoms with Crippen molar-refractivity contribution in [1.29, 1.82) is 0 Å². The number of hydrogen-bond donors (Lipinski definition) is 0. The molecule has 0 bridgehead atoms. The third-order valence-electron chi connectivity index (χ3n) is 2.27. The van der Waals surface area contributed by atoms with Crippen molar-refractivity contribution in [3.8, 4) is 0 Å². The molecule has 0 amide bonds. The molecule has 0 saturated heterocycles. The van der Waals surface area contributed by atoms with E-state index in [0.717, 1.165) is 6.42 Å². The van der Waals surface area contributed by atoms with E-state index in [1.807, 2.05) is 6.92 Å². The second kappa shape index (κ2) is 2.43. The maximum absolute atomic E-state index is 12.5. The van der Waals surface area contributed by atoms with Crippen LogP contribution in [-0.2, 0) is 0 Å². The molecule has 0 aromatic carbocycles. The molecular weight excluding hydrogens is 146 g/mol. The molecule has 0 unspecified atom stereocenters. The summed E-state index contributed by atoms with van der Waals surface area (Å²) in [5.41, 5.74) is -0.0718. The molecule has 0 spiro atoms. The van der Waals surface area contributed by atoms with E-state index < -0.39 is 5.92 Å². The zero-order chi connectivity index (χ0) is 8.70. The summed E-state index contributed by atoms with van der Waals surface area (Å²) >= 11 is 0. The van der Waals surface area contributed by atoms with Gasteiger partial charge in [-0.1, -0.05) is 20.8 Å². The standard InChI is InChI=1S/C9H16F2/c1-7(2)4-8(3)5-9(10,11)6-8/h7H,4-6H2,1-3H3. The first-order valence-electron chi connectivity index (χ1n) is 4.21. The molecule has 1 rings (SSSR count). The Hall–Kier alpha value is -0.140. The number of rotatable bonds is 2. The number of alkyl halides is 2. The van der Waals surface area contributed by atoms with E-state index in [1.165, 1.54) is 0 Å². The maximum atomic E-state index is 12.5. The summed E-state index contributed by atoms with van der Waals surface area (Å²) in [6, 6.07) is 0. The van der Waals surface area contributed by atoms with Crippen LogP contribution in [0, 0.1) is 11.3 Å². The van der Waals surface area contributed by atoms with Crippen LogP contribution in [0.4, 0.5) is 8.78 Å². The van der Waals surface area contributed by atoms with Gasteiger partial charge in [0.15, 0.2) is 0 Å². The Bertz CT molecular complexity index is 136. The van der Waals surface area contributed by atoms with Gasteiger partial charge in [0.1, 0.15) is 0 Å². The van der Waals surface area contributed by atoms with Gasteiger partial charge in [-0.2, -0.15) is 0 Å².